The van der Waals surface area contributed by atoms with E-state index in [1.54, 1.807) is 7.11 Å². The molecule has 1 saturated heterocycles. The molecule has 1 amide bonds. The third-order valence-electron chi connectivity index (χ3n) is 4.50. The molecule has 1 fully saturated rings. The maximum Gasteiger partial charge on any atom is 0.234 e. The summed E-state index contributed by atoms with van der Waals surface area (Å²) in [5.41, 5.74) is 2.25. The number of rotatable bonds is 6. The highest BCUT2D eigenvalue weighted by Gasteiger charge is 2.20. The largest absolute Gasteiger partial charge is 0.495 e. The van der Waals surface area contributed by atoms with Crippen LogP contribution in [0.2, 0.25) is 0 Å². The first-order valence-corrected chi connectivity index (χ1v) is 8.67. The molecule has 2 aromatic carbocycles. The molecule has 0 unspecified atom stereocenters. The Morgan fingerprint density at radius 3 is 2.40 bits per heavy atom. The van der Waals surface area contributed by atoms with Crippen LogP contribution in [0.25, 0.3) is 0 Å². The molecule has 1 N–H and O–H groups in total. The molecule has 1 aliphatic rings. The van der Waals surface area contributed by atoms with Crippen molar-refractivity contribution < 1.29 is 9.53 Å². The third-order valence-corrected chi connectivity index (χ3v) is 4.50. The van der Waals surface area contributed by atoms with Crippen molar-refractivity contribution in [1.29, 1.82) is 0 Å². The summed E-state index contributed by atoms with van der Waals surface area (Å²) in [6.45, 7) is 4.57. The van der Waals surface area contributed by atoms with E-state index in [2.05, 4.69) is 21.2 Å². The summed E-state index contributed by atoms with van der Waals surface area (Å²) in [6.07, 6.45) is 0. The fraction of sp³-hybridized carbons (Fsp3) is 0.350. The first kappa shape index (κ1) is 17.3. The molecule has 132 valence electrons. The number of ether oxygens (including phenoxy) is 1. The number of hydrogen-bond acceptors (Lipinski definition) is 4. The van der Waals surface area contributed by atoms with Gasteiger partial charge in [0.15, 0.2) is 0 Å². The maximum absolute atomic E-state index is 12.2. The Hall–Kier alpha value is -2.53. The molecule has 5 heteroatoms. The van der Waals surface area contributed by atoms with Crippen LogP contribution < -0.4 is 15.0 Å². The molecular formula is C20H25N3O2. The van der Waals surface area contributed by atoms with E-state index < -0.39 is 0 Å². The fourth-order valence-electron chi connectivity index (χ4n) is 3.09. The summed E-state index contributed by atoms with van der Waals surface area (Å²) in [5, 5.41) is 2.99. The van der Waals surface area contributed by atoms with Gasteiger partial charge in [-0.25, -0.2) is 0 Å². The second kappa shape index (κ2) is 8.53. The zero-order chi connectivity index (χ0) is 17.5. The van der Waals surface area contributed by atoms with E-state index in [0.717, 1.165) is 43.2 Å². The van der Waals surface area contributed by atoms with Crippen LogP contribution in [0.4, 0.5) is 5.69 Å². The number of anilines is 1. The first-order valence-electron chi connectivity index (χ1n) is 8.67. The summed E-state index contributed by atoms with van der Waals surface area (Å²) >= 11 is 0. The van der Waals surface area contributed by atoms with Gasteiger partial charge in [0, 0.05) is 32.7 Å². The van der Waals surface area contributed by atoms with Crippen molar-refractivity contribution in [2.24, 2.45) is 0 Å². The minimum absolute atomic E-state index is 0.0783. The van der Waals surface area contributed by atoms with Gasteiger partial charge >= 0.3 is 0 Å². The Balaban J connectivity index is 1.45. The monoisotopic (exact) mass is 339 g/mol. The number of amides is 1. The van der Waals surface area contributed by atoms with Gasteiger partial charge in [-0.05, 0) is 17.7 Å². The highest BCUT2D eigenvalue weighted by Crippen LogP contribution is 2.28. The molecule has 0 atom stereocenters. The lowest BCUT2D eigenvalue weighted by molar-refractivity contribution is -0.122. The average Bonchev–Trinajstić information content (AvgIpc) is 2.68. The number of nitrogens with zero attached hydrogens (tertiary/aromatic N) is 2. The third kappa shape index (κ3) is 4.73. The van der Waals surface area contributed by atoms with E-state index in [9.17, 15) is 4.79 Å². The van der Waals surface area contributed by atoms with Gasteiger partial charge in [0.2, 0.25) is 5.91 Å². The molecule has 1 heterocycles. The summed E-state index contributed by atoms with van der Waals surface area (Å²) in [5.74, 6) is 0.978. The fourth-order valence-corrected chi connectivity index (χ4v) is 3.09. The van der Waals surface area contributed by atoms with Crippen molar-refractivity contribution in [3.8, 4) is 5.75 Å². The topological polar surface area (TPSA) is 44.8 Å². The minimum Gasteiger partial charge on any atom is -0.495 e. The van der Waals surface area contributed by atoms with Gasteiger partial charge in [-0.3, -0.25) is 9.69 Å². The van der Waals surface area contributed by atoms with E-state index in [1.165, 1.54) is 0 Å². The molecule has 1 aliphatic heterocycles. The number of nitrogens with one attached hydrogen (secondary N) is 1. The Bertz CT molecular complexity index is 682. The van der Waals surface area contributed by atoms with Gasteiger partial charge in [0.05, 0.1) is 19.3 Å². The molecule has 0 aromatic heterocycles. The van der Waals surface area contributed by atoms with Crippen LogP contribution in [0, 0.1) is 0 Å². The molecule has 0 saturated carbocycles. The Morgan fingerprint density at radius 1 is 1.00 bits per heavy atom. The van der Waals surface area contributed by atoms with Crippen LogP contribution in [0.1, 0.15) is 5.56 Å². The van der Waals surface area contributed by atoms with Crippen molar-refractivity contribution in [2.75, 3.05) is 44.7 Å². The van der Waals surface area contributed by atoms with Gasteiger partial charge in [-0.15, -0.1) is 0 Å². The molecule has 0 aliphatic carbocycles. The molecule has 25 heavy (non-hydrogen) atoms. The smallest absolute Gasteiger partial charge is 0.234 e. The van der Waals surface area contributed by atoms with E-state index in [4.69, 9.17) is 4.74 Å². The second-order valence-corrected chi connectivity index (χ2v) is 6.20. The molecule has 0 bridgehead atoms. The molecular weight excluding hydrogens is 314 g/mol. The van der Waals surface area contributed by atoms with Crippen LogP contribution in [-0.4, -0.2) is 50.6 Å². The van der Waals surface area contributed by atoms with Crippen LogP contribution >= 0.6 is 0 Å². The normalized spacial score (nSPS) is 15.0. The van der Waals surface area contributed by atoms with Crippen molar-refractivity contribution >= 4 is 11.6 Å². The Kier molecular flexibility index (Phi) is 5.90. The zero-order valence-corrected chi connectivity index (χ0v) is 14.6. The quantitative estimate of drug-likeness (QED) is 0.876. The van der Waals surface area contributed by atoms with Crippen molar-refractivity contribution in [3.63, 3.8) is 0 Å². The number of para-hydroxylation sites is 2. The van der Waals surface area contributed by atoms with E-state index in [1.807, 2.05) is 48.5 Å². The predicted molar refractivity (Wildman–Crippen MR) is 99.9 cm³/mol. The summed E-state index contributed by atoms with van der Waals surface area (Å²) in [4.78, 5) is 16.7. The molecule has 5 nitrogen and oxygen atoms in total. The van der Waals surface area contributed by atoms with Crippen molar-refractivity contribution in [1.82, 2.24) is 10.2 Å². The van der Waals surface area contributed by atoms with E-state index in [-0.39, 0.29) is 5.91 Å². The number of carbonyl (C=O) groups is 1. The molecule has 0 spiro atoms. The van der Waals surface area contributed by atoms with Crippen LogP contribution in [-0.2, 0) is 11.3 Å². The lowest BCUT2D eigenvalue weighted by Crippen LogP contribution is -2.49. The lowest BCUT2D eigenvalue weighted by atomic mass is 10.2. The van der Waals surface area contributed by atoms with Crippen LogP contribution in [0.3, 0.4) is 0 Å². The summed E-state index contributed by atoms with van der Waals surface area (Å²) in [6, 6.07) is 18.1. The summed E-state index contributed by atoms with van der Waals surface area (Å²) in [7, 11) is 1.70. The van der Waals surface area contributed by atoms with E-state index >= 15 is 0 Å². The molecule has 0 radical (unpaired) electrons. The number of benzene rings is 2. The Morgan fingerprint density at radius 2 is 1.68 bits per heavy atom. The first-order chi connectivity index (χ1) is 12.3. The highest BCUT2D eigenvalue weighted by atomic mass is 16.5. The maximum atomic E-state index is 12.2. The average molecular weight is 339 g/mol. The SMILES string of the molecule is COc1ccccc1N1CCN(CC(=O)NCc2ccccc2)CC1. The van der Waals surface area contributed by atoms with Crippen LogP contribution in [0.15, 0.2) is 54.6 Å². The predicted octanol–water partition coefficient (Wildman–Crippen LogP) is 2.13. The zero-order valence-electron chi connectivity index (χ0n) is 14.6. The number of carbonyl (C=O) groups excluding carboxylic acids is 1. The highest BCUT2D eigenvalue weighted by molar-refractivity contribution is 5.78. The van der Waals surface area contributed by atoms with Gasteiger partial charge in [-0.2, -0.15) is 0 Å². The second-order valence-electron chi connectivity index (χ2n) is 6.20. The number of methoxy groups -OCH3 is 1. The van der Waals surface area contributed by atoms with Gasteiger partial charge < -0.3 is 15.0 Å². The minimum atomic E-state index is 0.0783. The van der Waals surface area contributed by atoms with Crippen molar-refractivity contribution in [2.45, 2.75) is 6.54 Å². The lowest BCUT2D eigenvalue weighted by Gasteiger charge is -2.36. The van der Waals surface area contributed by atoms with Crippen molar-refractivity contribution in [3.05, 3.63) is 60.2 Å². The summed E-state index contributed by atoms with van der Waals surface area (Å²) < 4.78 is 5.44. The van der Waals surface area contributed by atoms with E-state index in [0.29, 0.717) is 13.1 Å². The van der Waals surface area contributed by atoms with Gasteiger partial charge in [0.1, 0.15) is 5.75 Å². The number of piperazine rings is 1. The number of hydrogen-bond donors (Lipinski definition) is 1. The Labute approximate surface area is 149 Å². The van der Waals surface area contributed by atoms with Gasteiger partial charge in [0.25, 0.3) is 0 Å². The molecule has 2 aromatic rings. The van der Waals surface area contributed by atoms with Crippen LogP contribution in [0.5, 0.6) is 5.75 Å². The van der Waals surface area contributed by atoms with Gasteiger partial charge in [-0.1, -0.05) is 42.5 Å². The molecule has 3 rings (SSSR count). The standard InChI is InChI=1S/C20H25N3O2/c1-25-19-10-6-5-9-18(19)23-13-11-22(12-14-23)16-20(24)21-15-17-7-3-2-4-8-17/h2-10H,11-16H2,1H3,(H,21,24).